The molecule has 166 valence electrons. The molecule has 1 fully saturated rings. The molecule has 1 heterocycles. The van der Waals surface area contributed by atoms with E-state index in [0.717, 1.165) is 40.6 Å². The van der Waals surface area contributed by atoms with E-state index in [-0.39, 0.29) is 5.91 Å². The normalized spacial score (nSPS) is 14.1. The van der Waals surface area contributed by atoms with Gasteiger partial charge in [0.1, 0.15) is 11.1 Å². The summed E-state index contributed by atoms with van der Waals surface area (Å²) in [5.41, 5.74) is 4.08. The van der Waals surface area contributed by atoms with Crippen LogP contribution in [0.15, 0.2) is 90.1 Å². The molecule has 1 aromatic heterocycles. The van der Waals surface area contributed by atoms with Crippen molar-refractivity contribution in [2.45, 2.75) is 42.6 Å². The molecule has 0 saturated heterocycles. The lowest BCUT2D eigenvalue weighted by atomic mass is 10.1. The Labute approximate surface area is 198 Å². The topological polar surface area (TPSA) is 59.8 Å². The second-order valence-corrected chi connectivity index (χ2v) is 9.52. The van der Waals surface area contributed by atoms with Gasteiger partial charge >= 0.3 is 0 Å². The summed E-state index contributed by atoms with van der Waals surface area (Å²) in [7, 11) is 0. The lowest BCUT2D eigenvalue weighted by molar-refractivity contribution is -0.115. The zero-order valence-corrected chi connectivity index (χ0v) is 19.3. The number of nitrogens with zero attached hydrogens (tertiary/aromatic N) is 3. The summed E-state index contributed by atoms with van der Waals surface area (Å²) in [5, 5.41) is 12.5. The van der Waals surface area contributed by atoms with Crippen LogP contribution in [0.1, 0.15) is 46.5 Å². The van der Waals surface area contributed by atoms with Gasteiger partial charge < -0.3 is 9.88 Å². The summed E-state index contributed by atoms with van der Waals surface area (Å²) in [4.78, 5) is 13.4. The third kappa shape index (κ3) is 5.17. The first-order valence-corrected chi connectivity index (χ1v) is 12.1. The summed E-state index contributed by atoms with van der Waals surface area (Å²) in [6.07, 6.45) is 2.29. The second kappa shape index (κ2) is 9.63. The van der Waals surface area contributed by atoms with E-state index in [1.807, 2.05) is 79.7 Å². The molecule has 1 unspecified atom stereocenters. The zero-order chi connectivity index (χ0) is 22.6. The lowest BCUT2D eigenvalue weighted by Crippen LogP contribution is -2.19. The van der Waals surface area contributed by atoms with Crippen LogP contribution in [-0.2, 0) is 11.3 Å². The Morgan fingerprint density at radius 1 is 0.970 bits per heavy atom. The standard InChI is InChI=1S/C27H26N4OS/c1-19-12-16-23(17-13-19)28-26(32)24(21-10-6-3-7-11-21)33-27-30-29-25(22-14-15-22)31(27)18-20-8-4-2-5-9-20/h2-13,16-17,22,24H,14-15,18H2,1H3,(H,28,32). The van der Waals surface area contributed by atoms with Crippen molar-refractivity contribution in [3.63, 3.8) is 0 Å². The first-order valence-electron chi connectivity index (χ1n) is 11.2. The van der Waals surface area contributed by atoms with Crippen molar-refractivity contribution in [3.05, 3.63) is 107 Å². The number of carbonyl (C=O) groups excluding carboxylic acids is 1. The second-order valence-electron chi connectivity index (χ2n) is 8.45. The lowest BCUT2D eigenvalue weighted by Gasteiger charge is -2.18. The van der Waals surface area contributed by atoms with Crippen molar-refractivity contribution in [2.24, 2.45) is 0 Å². The van der Waals surface area contributed by atoms with E-state index in [0.29, 0.717) is 12.5 Å². The van der Waals surface area contributed by atoms with Gasteiger partial charge in [0.2, 0.25) is 5.91 Å². The number of thioether (sulfide) groups is 1. The number of hydrogen-bond donors (Lipinski definition) is 1. The van der Waals surface area contributed by atoms with Gasteiger partial charge in [-0.2, -0.15) is 0 Å². The van der Waals surface area contributed by atoms with Crippen molar-refractivity contribution in [2.75, 3.05) is 5.32 Å². The molecule has 33 heavy (non-hydrogen) atoms. The third-order valence-corrected chi connectivity index (χ3v) is 6.99. The van der Waals surface area contributed by atoms with Crippen molar-refractivity contribution in [1.29, 1.82) is 0 Å². The van der Waals surface area contributed by atoms with E-state index in [4.69, 9.17) is 0 Å². The number of benzene rings is 3. The molecule has 0 aliphatic heterocycles. The quantitative estimate of drug-likeness (QED) is 0.333. The van der Waals surface area contributed by atoms with E-state index >= 15 is 0 Å². The van der Waals surface area contributed by atoms with Crippen LogP contribution in [0.3, 0.4) is 0 Å². The summed E-state index contributed by atoms with van der Waals surface area (Å²) >= 11 is 1.46. The first kappa shape index (κ1) is 21.5. The number of hydrogen-bond acceptors (Lipinski definition) is 4. The molecule has 1 N–H and O–H groups in total. The Bertz CT molecular complexity index is 1220. The summed E-state index contributed by atoms with van der Waals surface area (Å²) in [6, 6.07) is 28.1. The summed E-state index contributed by atoms with van der Waals surface area (Å²) < 4.78 is 2.19. The molecule has 1 aliphatic rings. The first-order chi connectivity index (χ1) is 16.2. The van der Waals surface area contributed by atoms with E-state index < -0.39 is 5.25 Å². The van der Waals surface area contributed by atoms with E-state index in [1.54, 1.807) is 0 Å². The van der Waals surface area contributed by atoms with E-state index in [9.17, 15) is 4.79 Å². The highest BCUT2D eigenvalue weighted by Gasteiger charge is 2.32. The van der Waals surface area contributed by atoms with Crippen LogP contribution in [-0.4, -0.2) is 20.7 Å². The minimum atomic E-state index is -0.446. The molecule has 0 radical (unpaired) electrons. The van der Waals surface area contributed by atoms with Gasteiger partial charge in [-0.3, -0.25) is 4.79 Å². The Morgan fingerprint density at radius 2 is 1.64 bits per heavy atom. The number of anilines is 1. The molecule has 1 atom stereocenters. The molecule has 6 heteroatoms. The minimum Gasteiger partial charge on any atom is -0.325 e. The van der Waals surface area contributed by atoms with Gasteiger partial charge in [0.25, 0.3) is 0 Å². The van der Waals surface area contributed by atoms with Gasteiger partial charge in [-0.15, -0.1) is 10.2 Å². The molecule has 1 amide bonds. The van der Waals surface area contributed by atoms with E-state index in [1.165, 1.54) is 17.3 Å². The highest BCUT2D eigenvalue weighted by Crippen LogP contribution is 2.42. The van der Waals surface area contributed by atoms with E-state index in [2.05, 4.69) is 32.2 Å². The average molecular weight is 455 g/mol. The molecular formula is C27H26N4OS. The van der Waals surface area contributed by atoms with Gasteiger partial charge in [-0.1, -0.05) is 90.1 Å². The highest BCUT2D eigenvalue weighted by molar-refractivity contribution is 8.00. The maximum atomic E-state index is 13.4. The van der Waals surface area contributed by atoms with Gasteiger partial charge in [0.05, 0.1) is 6.54 Å². The van der Waals surface area contributed by atoms with Crippen molar-refractivity contribution in [3.8, 4) is 0 Å². The number of aryl methyl sites for hydroxylation is 1. The fourth-order valence-electron chi connectivity index (χ4n) is 3.80. The van der Waals surface area contributed by atoms with Gasteiger partial charge in [0.15, 0.2) is 5.16 Å². The molecule has 5 nitrogen and oxygen atoms in total. The smallest absolute Gasteiger partial charge is 0.242 e. The van der Waals surface area contributed by atoms with Crippen LogP contribution in [0.4, 0.5) is 5.69 Å². The number of carbonyl (C=O) groups is 1. The molecule has 1 aliphatic carbocycles. The minimum absolute atomic E-state index is 0.0720. The van der Waals surface area contributed by atoms with Crippen LogP contribution in [0.25, 0.3) is 0 Å². The number of amides is 1. The molecule has 5 rings (SSSR count). The maximum Gasteiger partial charge on any atom is 0.242 e. The molecule has 4 aromatic rings. The number of nitrogens with one attached hydrogen (secondary N) is 1. The van der Waals surface area contributed by atoms with Gasteiger partial charge in [-0.25, -0.2) is 0 Å². The largest absolute Gasteiger partial charge is 0.325 e. The maximum absolute atomic E-state index is 13.4. The highest BCUT2D eigenvalue weighted by atomic mass is 32.2. The van der Waals surface area contributed by atoms with Crippen LogP contribution >= 0.6 is 11.8 Å². The number of rotatable bonds is 8. The molecule has 1 saturated carbocycles. The fraction of sp³-hybridized carbons (Fsp3) is 0.222. The molecule has 3 aromatic carbocycles. The Morgan fingerprint density at radius 3 is 2.30 bits per heavy atom. The van der Waals surface area contributed by atoms with Crippen molar-refractivity contribution < 1.29 is 4.79 Å². The van der Waals surface area contributed by atoms with Gasteiger partial charge in [-0.05, 0) is 43.0 Å². The van der Waals surface area contributed by atoms with Crippen molar-refractivity contribution >= 4 is 23.4 Å². The summed E-state index contributed by atoms with van der Waals surface area (Å²) in [5.74, 6) is 1.41. The fourth-order valence-corrected chi connectivity index (χ4v) is 4.84. The predicted molar refractivity (Wildman–Crippen MR) is 132 cm³/mol. The van der Waals surface area contributed by atoms with Crippen LogP contribution in [0, 0.1) is 6.92 Å². The number of aromatic nitrogens is 3. The third-order valence-electron chi connectivity index (χ3n) is 5.75. The Kier molecular flexibility index (Phi) is 6.26. The molecule has 0 spiro atoms. The average Bonchev–Trinajstić information content (AvgIpc) is 3.62. The predicted octanol–water partition coefficient (Wildman–Crippen LogP) is 5.98. The summed E-state index contributed by atoms with van der Waals surface area (Å²) in [6.45, 7) is 2.73. The molecule has 0 bridgehead atoms. The van der Waals surface area contributed by atoms with Crippen LogP contribution < -0.4 is 5.32 Å². The molecular weight excluding hydrogens is 428 g/mol. The zero-order valence-electron chi connectivity index (χ0n) is 18.5. The van der Waals surface area contributed by atoms with Crippen LogP contribution in [0.5, 0.6) is 0 Å². The monoisotopic (exact) mass is 454 g/mol. The Hall–Kier alpha value is -3.38. The Balaban J connectivity index is 1.45. The van der Waals surface area contributed by atoms with Crippen molar-refractivity contribution in [1.82, 2.24) is 14.8 Å². The van der Waals surface area contributed by atoms with Gasteiger partial charge in [0, 0.05) is 11.6 Å². The SMILES string of the molecule is Cc1ccc(NC(=O)C(Sc2nnc(C3CC3)n2Cc2ccccc2)c2ccccc2)cc1. The van der Waals surface area contributed by atoms with Crippen LogP contribution in [0.2, 0.25) is 0 Å².